The van der Waals surface area contributed by atoms with E-state index in [1.54, 1.807) is 6.07 Å². The molecule has 0 aliphatic rings. The van der Waals surface area contributed by atoms with Gasteiger partial charge in [0.05, 0.1) is 12.5 Å². The van der Waals surface area contributed by atoms with Crippen molar-refractivity contribution in [1.82, 2.24) is 10.6 Å². The first-order chi connectivity index (χ1) is 14.8. The molecular weight excluding hydrogens is 417 g/mol. The largest absolute Gasteiger partial charge is 0.472 e. The number of nitrogens with one attached hydrogen (secondary N) is 2. The molecule has 0 saturated carbocycles. The Morgan fingerprint density at radius 2 is 1.84 bits per heavy atom. The van der Waals surface area contributed by atoms with Crippen molar-refractivity contribution in [3.8, 4) is 0 Å². The Balaban J connectivity index is 2.19. The van der Waals surface area contributed by atoms with Crippen molar-refractivity contribution in [2.24, 2.45) is 0 Å². The van der Waals surface area contributed by atoms with Crippen LogP contribution in [0, 0.1) is 0 Å². The van der Waals surface area contributed by atoms with Crippen LogP contribution in [0.2, 0.25) is 0 Å². The number of hydrogen-bond acceptors (Lipinski definition) is 5. The van der Waals surface area contributed by atoms with Crippen molar-refractivity contribution >= 4 is 12.0 Å². The quantitative estimate of drug-likeness (QED) is 0.552. The van der Waals surface area contributed by atoms with Crippen molar-refractivity contribution in [2.45, 2.75) is 17.7 Å². The number of halogens is 3. The first kappa shape index (κ1) is 24.0. The van der Waals surface area contributed by atoms with E-state index in [0.29, 0.717) is 5.56 Å². The molecule has 1 aromatic carbocycles. The molecule has 0 bridgehead atoms. The fourth-order valence-electron chi connectivity index (χ4n) is 2.97. The molecule has 168 valence electrons. The van der Waals surface area contributed by atoms with Gasteiger partial charge in [-0.1, -0.05) is 43.0 Å². The van der Waals surface area contributed by atoms with E-state index in [9.17, 15) is 22.8 Å². The summed E-state index contributed by atoms with van der Waals surface area (Å²) in [6, 6.07) is 8.22. The van der Waals surface area contributed by atoms with Gasteiger partial charge < -0.3 is 24.5 Å². The van der Waals surface area contributed by atoms with Crippen LogP contribution in [0.5, 0.6) is 0 Å². The number of benzene rings is 1. The Labute approximate surface area is 177 Å². The third-order valence-corrected chi connectivity index (χ3v) is 4.55. The lowest BCUT2D eigenvalue weighted by Crippen LogP contribution is -2.56. The third kappa shape index (κ3) is 5.66. The van der Waals surface area contributed by atoms with Gasteiger partial charge in [-0.25, -0.2) is 4.79 Å². The molecule has 10 heteroatoms. The molecule has 0 spiro atoms. The SMILES string of the molecule is C=CCOC(=O)NC[C@H](CNC(=O)[C@](OC)(c1ccccc1)C(F)(F)F)c1ccoc1. The summed E-state index contributed by atoms with van der Waals surface area (Å²) >= 11 is 0. The molecule has 0 saturated heterocycles. The maximum absolute atomic E-state index is 14.0. The van der Waals surface area contributed by atoms with Gasteiger partial charge in [-0.15, -0.1) is 0 Å². The van der Waals surface area contributed by atoms with Crippen molar-refractivity contribution in [2.75, 3.05) is 26.8 Å². The van der Waals surface area contributed by atoms with Gasteiger partial charge in [0.25, 0.3) is 11.5 Å². The van der Waals surface area contributed by atoms with Gasteiger partial charge in [-0.2, -0.15) is 13.2 Å². The maximum atomic E-state index is 14.0. The molecule has 2 amide bonds. The molecule has 0 radical (unpaired) electrons. The molecule has 0 aliphatic carbocycles. The van der Waals surface area contributed by atoms with Gasteiger partial charge in [0.15, 0.2) is 0 Å². The lowest BCUT2D eigenvalue weighted by Gasteiger charge is -2.33. The lowest BCUT2D eigenvalue weighted by atomic mass is 9.91. The summed E-state index contributed by atoms with van der Waals surface area (Å²) in [5, 5.41) is 4.79. The van der Waals surface area contributed by atoms with Crippen molar-refractivity contribution in [1.29, 1.82) is 0 Å². The fraction of sp³-hybridized carbons (Fsp3) is 0.333. The molecule has 0 aliphatic heterocycles. The first-order valence-corrected chi connectivity index (χ1v) is 9.25. The van der Waals surface area contributed by atoms with Crippen molar-refractivity contribution in [3.63, 3.8) is 0 Å². The summed E-state index contributed by atoms with van der Waals surface area (Å²) in [7, 11) is 0.824. The van der Waals surface area contributed by atoms with E-state index >= 15 is 0 Å². The monoisotopic (exact) mass is 440 g/mol. The standard InChI is InChI=1S/C21H23F3N2O5/c1-3-10-31-19(28)26-13-16(15-9-11-30-14-15)12-25-18(27)20(29-2,21(22,23)24)17-7-5-4-6-8-17/h3-9,11,14,16H,1,10,12-13H2,2H3,(H,25,27)(H,26,28)/t16-,20+/m0/s1. The number of amides is 2. The van der Waals surface area contributed by atoms with Gasteiger partial charge in [0, 0.05) is 31.7 Å². The van der Waals surface area contributed by atoms with Gasteiger partial charge in [-0.05, 0) is 11.6 Å². The minimum atomic E-state index is -5.02. The highest BCUT2D eigenvalue weighted by Gasteiger charge is 2.62. The van der Waals surface area contributed by atoms with E-state index in [2.05, 4.69) is 17.2 Å². The highest BCUT2D eigenvalue weighted by molar-refractivity contribution is 5.87. The van der Waals surface area contributed by atoms with E-state index in [1.165, 1.54) is 48.9 Å². The van der Waals surface area contributed by atoms with Crippen LogP contribution in [-0.2, 0) is 19.9 Å². The predicted octanol–water partition coefficient (Wildman–Crippen LogP) is 3.50. The zero-order chi connectivity index (χ0) is 22.9. The van der Waals surface area contributed by atoms with Crippen LogP contribution in [-0.4, -0.2) is 45.0 Å². The molecular formula is C21H23F3N2O5. The molecule has 0 fully saturated rings. The molecule has 2 N–H and O–H groups in total. The fourth-order valence-corrected chi connectivity index (χ4v) is 2.97. The number of methoxy groups -OCH3 is 1. The molecule has 2 rings (SSSR count). The Kier molecular flexibility index (Phi) is 8.26. The number of alkyl carbamates (subject to hydrolysis) is 1. The second-order valence-corrected chi connectivity index (χ2v) is 6.48. The Morgan fingerprint density at radius 1 is 1.16 bits per heavy atom. The number of furan rings is 1. The average molecular weight is 440 g/mol. The molecule has 1 aromatic heterocycles. The number of alkyl halides is 3. The van der Waals surface area contributed by atoms with E-state index in [0.717, 1.165) is 7.11 Å². The van der Waals surface area contributed by atoms with Crippen LogP contribution in [0.25, 0.3) is 0 Å². The Bertz CT molecular complexity index is 856. The minimum absolute atomic E-state index is 0.00202. The second kappa shape index (κ2) is 10.7. The van der Waals surface area contributed by atoms with E-state index in [-0.39, 0.29) is 25.3 Å². The zero-order valence-corrected chi connectivity index (χ0v) is 16.8. The van der Waals surface area contributed by atoms with Crippen molar-refractivity contribution in [3.05, 3.63) is 72.7 Å². The highest BCUT2D eigenvalue weighted by Crippen LogP contribution is 2.42. The normalized spacial score (nSPS) is 14.2. The van der Waals surface area contributed by atoms with Gasteiger partial charge in [-0.3, -0.25) is 4.79 Å². The predicted molar refractivity (Wildman–Crippen MR) is 105 cm³/mol. The number of carbonyl (C=O) groups excluding carboxylic acids is 2. The van der Waals surface area contributed by atoms with Crippen LogP contribution >= 0.6 is 0 Å². The van der Waals surface area contributed by atoms with Crippen LogP contribution in [0.3, 0.4) is 0 Å². The number of ether oxygens (including phenoxy) is 2. The van der Waals surface area contributed by atoms with E-state index in [4.69, 9.17) is 13.9 Å². The molecule has 2 atom stereocenters. The van der Waals surface area contributed by atoms with Crippen LogP contribution < -0.4 is 10.6 Å². The first-order valence-electron chi connectivity index (χ1n) is 9.25. The second-order valence-electron chi connectivity index (χ2n) is 6.48. The molecule has 2 aromatic rings. The zero-order valence-electron chi connectivity index (χ0n) is 16.8. The van der Waals surface area contributed by atoms with Crippen LogP contribution in [0.4, 0.5) is 18.0 Å². The molecule has 31 heavy (non-hydrogen) atoms. The van der Waals surface area contributed by atoms with Gasteiger partial charge in [0.2, 0.25) is 0 Å². The van der Waals surface area contributed by atoms with Gasteiger partial charge >= 0.3 is 12.3 Å². The smallest absolute Gasteiger partial charge is 0.430 e. The summed E-state index contributed by atoms with van der Waals surface area (Å²) < 4.78 is 56.6. The average Bonchev–Trinajstić information content (AvgIpc) is 3.27. The van der Waals surface area contributed by atoms with Crippen LogP contribution in [0.1, 0.15) is 17.0 Å². The maximum Gasteiger partial charge on any atom is 0.430 e. The molecule has 0 unspecified atom stereocenters. The van der Waals surface area contributed by atoms with Crippen LogP contribution in [0.15, 0.2) is 66.0 Å². The van der Waals surface area contributed by atoms with E-state index in [1.807, 2.05) is 0 Å². The molecule has 1 heterocycles. The number of rotatable bonds is 10. The van der Waals surface area contributed by atoms with Crippen molar-refractivity contribution < 1.29 is 36.7 Å². The Hall–Kier alpha value is -3.27. The minimum Gasteiger partial charge on any atom is -0.472 e. The summed E-state index contributed by atoms with van der Waals surface area (Å²) in [4.78, 5) is 24.5. The topological polar surface area (TPSA) is 89.8 Å². The number of carbonyl (C=O) groups is 2. The third-order valence-electron chi connectivity index (χ3n) is 4.55. The van der Waals surface area contributed by atoms with E-state index < -0.39 is 29.7 Å². The van der Waals surface area contributed by atoms with Gasteiger partial charge in [0.1, 0.15) is 6.61 Å². The lowest BCUT2D eigenvalue weighted by molar-refractivity contribution is -0.265. The summed E-state index contributed by atoms with van der Waals surface area (Å²) in [5.41, 5.74) is -2.97. The Morgan fingerprint density at radius 3 is 2.39 bits per heavy atom. The summed E-state index contributed by atoms with van der Waals surface area (Å²) in [5.74, 6) is -1.96. The summed E-state index contributed by atoms with van der Waals surface area (Å²) in [6.07, 6.45) is -1.62. The molecule has 7 nitrogen and oxygen atoms in total. The number of hydrogen-bond donors (Lipinski definition) is 2. The summed E-state index contributed by atoms with van der Waals surface area (Å²) in [6.45, 7) is 3.17. The highest BCUT2D eigenvalue weighted by atomic mass is 19.4.